The number of amides is 1. The number of rotatable bonds is 3. The minimum atomic E-state index is -0.253. The van der Waals surface area contributed by atoms with E-state index in [1.54, 1.807) is 46.9 Å². The summed E-state index contributed by atoms with van der Waals surface area (Å²) < 4.78 is 3.49. The zero-order valence-corrected chi connectivity index (χ0v) is 14.8. The standard InChI is InChI=1S/C20H16N6O/c1-13-14(9-21)4-3-5-18(13)20(27)24-16-7-6-15-10-23-26(19(15)8-16)17-11-22-25(2)12-17/h3-8,10-12H,1-2H3,(H,24,27). The first-order chi connectivity index (χ1) is 13.1. The fourth-order valence-corrected chi connectivity index (χ4v) is 3.02. The lowest BCUT2D eigenvalue weighted by Crippen LogP contribution is -2.14. The summed E-state index contributed by atoms with van der Waals surface area (Å²) in [6.07, 6.45) is 5.37. The van der Waals surface area contributed by atoms with Crippen molar-refractivity contribution in [2.24, 2.45) is 7.05 Å². The topological polar surface area (TPSA) is 88.5 Å². The molecule has 27 heavy (non-hydrogen) atoms. The smallest absolute Gasteiger partial charge is 0.255 e. The molecule has 7 heteroatoms. The molecule has 0 atom stereocenters. The highest BCUT2D eigenvalue weighted by Gasteiger charge is 2.13. The molecule has 2 aromatic carbocycles. The Hall–Kier alpha value is -3.92. The van der Waals surface area contributed by atoms with Gasteiger partial charge in [-0.05, 0) is 42.8 Å². The molecule has 0 spiro atoms. The van der Waals surface area contributed by atoms with Crippen LogP contribution in [0.25, 0.3) is 16.6 Å². The Kier molecular flexibility index (Phi) is 3.94. The lowest BCUT2D eigenvalue weighted by Gasteiger charge is -2.09. The van der Waals surface area contributed by atoms with Gasteiger partial charge in [-0.2, -0.15) is 15.5 Å². The van der Waals surface area contributed by atoms with Crippen LogP contribution in [0.1, 0.15) is 21.5 Å². The average molecular weight is 356 g/mol. The van der Waals surface area contributed by atoms with Crippen molar-refractivity contribution in [3.05, 3.63) is 71.7 Å². The van der Waals surface area contributed by atoms with Crippen LogP contribution in [0.2, 0.25) is 0 Å². The number of benzene rings is 2. The van der Waals surface area contributed by atoms with Gasteiger partial charge in [-0.15, -0.1) is 0 Å². The maximum Gasteiger partial charge on any atom is 0.255 e. The Bertz CT molecular complexity index is 1210. The molecule has 4 rings (SSSR count). The lowest BCUT2D eigenvalue weighted by molar-refractivity contribution is 0.102. The molecule has 2 aromatic heterocycles. The van der Waals surface area contributed by atoms with Crippen LogP contribution in [-0.4, -0.2) is 25.5 Å². The number of aryl methyl sites for hydroxylation is 1. The monoisotopic (exact) mass is 356 g/mol. The van der Waals surface area contributed by atoms with Gasteiger partial charge in [0.25, 0.3) is 5.91 Å². The SMILES string of the molecule is Cc1c(C#N)cccc1C(=O)Nc1ccc2cnn(-c3cnn(C)c3)c2c1. The highest BCUT2D eigenvalue weighted by molar-refractivity contribution is 6.06. The highest BCUT2D eigenvalue weighted by Crippen LogP contribution is 2.23. The molecule has 2 heterocycles. The van der Waals surface area contributed by atoms with E-state index in [1.807, 2.05) is 31.4 Å². The van der Waals surface area contributed by atoms with Crippen LogP contribution in [-0.2, 0) is 7.05 Å². The number of hydrogen-bond acceptors (Lipinski definition) is 4. The normalized spacial score (nSPS) is 10.7. The predicted octanol–water partition coefficient (Wildman–Crippen LogP) is 3.19. The largest absolute Gasteiger partial charge is 0.322 e. The van der Waals surface area contributed by atoms with E-state index in [9.17, 15) is 4.79 Å². The summed E-state index contributed by atoms with van der Waals surface area (Å²) in [6.45, 7) is 1.77. The Labute approximate surface area is 155 Å². The second kappa shape index (κ2) is 6.42. The van der Waals surface area contributed by atoms with Crippen LogP contribution in [0.4, 0.5) is 5.69 Å². The van der Waals surface area contributed by atoms with Crippen LogP contribution >= 0.6 is 0 Å². The third-order valence-corrected chi connectivity index (χ3v) is 4.46. The van der Waals surface area contributed by atoms with Crippen molar-refractivity contribution >= 4 is 22.5 Å². The molecule has 0 fully saturated rings. The molecule has 0 bridgehead atoms. The predicted molar refractivity (Wildman–Crippen MR) is 102 cm³/mol. The van der Waals surface area contributed by atoms with Crippen molar-refractivity contribution in [3.63, 3.8) is 0 Å². The molecule has 4 aromatic rings. The Morgan fingerprint density at radius 3 is 2.78 bits per heavy atom. The van der Waals surface area contributed by atoms with E-state index in [0.717, 1.165) is 16.6 Å². The number of anilines is 1. The number of nitriles is 1. The van der Waals surface area contributed by atoms with Gasteiger partial charge in [-0.1, -0.05) is 6.07 Å². The molecule has 0 saturated heterocycles. The second-order valence-electron chi connectivity index (χ2n) is 6.25. The first-order valence-electron chi connectivity index (χ1n) is 8.34. The summed E-state index contributed by atoms with van der Waals surface area (Å²) >= 11 is 0. The quantitative estimate of drug-likeness (QED) is 0.610. The summed E-state index contributed by atoms with van der Waals surface area (Å²) in [6, 6.07) is 12.8. The number of nitrogens with one attached hydrogen (secondary N) is 1. The van der Waals surface area contributed by atoms with Crippen molar-refractivity contribution in [1.82, 2.24) is 19.6 Å². The number of carbonyl (C=O) groups is 1. The van der Waals surface area contributed by atoms with E-state index < -0.39 is 0 Å². The highest BCUT2D eigenvalue weighted by atomic mass is 16.1. The molecular formula is C20H16N6O. The van der Waals surface area contributed by atoms with Crippen molar-refractivity contribution < 1.29 is 4.79 Å². The van der Waals surface area contributed by atoms with E-state index in [4.69, 9.17) is 5.26 Å². The maximum atomic E-state index is 12.7. The van der Waals surface area contributed by atoms with Gasteiger partial charge in [-0.25, -0.2) is 4.68 Å². The van der Waals surface area contributed by atoms with Gasteiger partial charge in [-0.3, -0.25) is 9.48 Å². The lowest BCUT2D eigenvalue weighted by atomic mass is 10.0. The average Bonchev–Trinajstić information content (AvgIpc) is 3.27. The second-order valence-corrected chi connectivity index (χ2v) is 6.25. The zero-order chi connectivity index (χ0) is 19.0. The Morgan fingerprint density at radius 2 is 2.04 bits per heavy atom. The first kappa shape index (κ1) is 16.5. The molecule has 7 nitrogen and oxygen atoms in total. The molecule has 132 valence electrons. The first-order valence-corrected chi connectivity index (χ1v) is 8.34. The van der Waals surface area contributed by atoms with Crippen molar-refractivity contribution in [3.8, 4) is 11.8 Å². The molecular weight excluding hydrogens is 340 g/mol. The maximum absolute atomic E-state index is 12.7. The van der Waals surface area contributed by atoms with Crippen LogP contribution in [0, 0.1) is 18.3 Å². The van der Waals surface area contributed by atoms with Gasteiger partial charge >= 0.3 is 0 Å². The van der Waals surface area contributed by atoms with Gasteiger partial charge in [0, 0.05) is 23.7 Å². The Morgan fingerprint density at radius 1 is 1.19 bits per heavy atom. The molecule has 1 N–H and O–H groups in total. The molecule has 0 saturated carbocycles. The molecule has 0 radical (unpaired) electrons. The number of fused-ring (bicyclic) bond motifs is 1. The summed E-state index contributed by atoms with van der Waals surface area (Å²) in [5.74, 6) is -0.253. The number of carbonyl (C=O) groups excluding carboxylic acids is 1. The summed E-state index contributed by atoms with van der Waals surface area (Å²) in [5, 5.41) is 21.6. The fraction of sp³-hybridized carbons (Fsp3) is 0.100. The molecule has 1 amide bonds. The van der Waals surface area contributed by atoms with Crippen molar-refractivity contribution in [2.45, 2.75) is 6.92 Å². The summed E-state index contributed by atoms with van der Waals surface area (Å²) in [4.78, 5) is 12.7. The third kappa shape index (κ3) is 2.93. The van der Waals surface area contributed by atoms with Crippen LogP contribution in [0.3, 0.4) is 0 Å². The third-order valence-electron chi connectivity index (χ3n) is 4.46. The van der Waals surface area contributed by atoms with Crippen molar-refractivity contribution in [2.75, 3.05) is 5.32 Å². The molecule has 0 aliphatic rings. The summed E-state index contributed by atoms with van der Waals surface area (Å²) in [7, 11) is 1.85. The molecule has 0 aliphatic carbocycles. The minimum Gasteiger partial charge on any atom is -0.322 e. The van der Waals surface area contributed by atoms with E-state index >= 15 is 0 Å². The number of nitrogens with zero attached hydrogens (tertiary/aromatic N) is 5. The van der Waals surface area contributed by atoms with Gasteiger partial charge in [0.1, 0.15) is 5.69 Å². The van der Waals surface area contributed by atoms with E-state index in [0.29, 0.717) is 22.4 Å². The van der Waals surface area contributed by atoms with E-state index in [-0.39, 0.29) is 5.91 Å². The van der Waals surface area contributed by atoms with Gasteiger partial charge in [0.15, 0.2) is 0 Å². The van der Waals surface area contributed by atoms with Crippen LogP contribution in [0.15, 0.2) is 55.0 Å². The Balaban J connectivity index is 1.69. The number of aromatic nitrogens is 4. The molecule has 0 aliphatic heterocycles. The molecule has 0 unspecified atom stereocenters. The minimum absolute atomic E-state index is 0.253. The fourth-order valence-electron chi connectivity index (χ4n) is 3.02. The summed E-state index contributed by atoms with van der Waals surface area (Å²) in [5.41, 5.74) is 4.00. The van der Waals surface area contributed by atoms with Crippen molar-refractivity contribution in [1.29, 1.82) is 5.26 Å². The van der Waals surface area contributed by atoms with Crippen LogP contribution in [0.5, 0.6) is 0 Å². The van der Waals surface area contributed by atoms with Gasteiger partial charge in [0.2, 0.25) is 0 Å². The van der Waals surface area contributed by atoms with E-state index in [2.05, 4.69) is 21.6 Å². The van der Waals surface area contributed by atoms with Gasteiger partial charge < -0.3 is 5.32 Å². The van der Waals surface area contributed by atoms with E-state index in [1.165, 1.54) is 0 Å². The van der Waals surface area contributed by atoms with Gasteiger partial charge in [0.05, 0.1) is 35.7 Å². The van der Waals surface area contributed by atoms with Crippen LogP contribution < -0.4 is 5.32 Å². The number of hydrogen-bond donors (Lipinski definition) is 1. The zero-order valence-electron chi connectivity index (χ0n) is 14.8.